The monoisotopic (exact) mass is 376 g/mol. The standard InChI is InChI=1S/C22H29FO4/c1-15(2)13-22(3,4)14-26-16-7-9-19(18(23)11-16)27-17-8-10-20(24-5)21(12-17)25-6/h7-12,15H,13-14H2,1-6H3. The molecule has 0 heterocycles. The topological polar surface area (TPSA) is 36.9 Å². The van der Waals surface area contributed by atoms with Crippen molar-refractivity contribution in [1.29, 1.82) is 0 Å². The maximum atomic E-state index is 14.4. The van der Waals surface area contributed by atoms with Crippen LogP contribution in [0.5, 0.6) is 28.7 Å². The molecule has 0 saturated carbocycles. The summed E-state index contributed by atoms with van der Waals surface area (Å²) in [7, 11) is 3.09. The van der Waals surface area contributed by atoms with Gasteiger partial charge in [-0.25, -0.2) is 4.39 Å². The van der Waals surface area contributed by atoms with Gasteiger partial charge in [0.15, 0.2) is 23.1 Å². The van der Waals surface area contributed by atoms with Gasteiger partial charge in [0.2, 0.25) is 0 Å². The molecule has 0 aliphatic rings. The van der Waals surface area contributed by atoms with Crippen LogP contribution < -0.4 is 18.9 Å². The van der Waals surface area contributed by atoms with E-state index in [1.807, 2.05) is 0 Å². The predicted molar refractivity (Wildman–Crippen MR) is 105 cm³/mol. The Labute approximate surface area is 161 Å². The second-order valence-electron chi connectivity index (χ2n) is 7.76. The normalized spacial score (nSPS) is 11.4. The van der Waals surface area contributed by atoms with Gasteiger partial charge in [-0.05, 0) is 42.0 Å². The molecule has 0 aliphatic heterocycles. The van der Waals surface area contributed by atoms with E-state index in [2.05, 4.69) is 27.7 Å². The summed E-state index contributed by atoms with van der Waals surface area (Å²) in [4.78, 5) is 0. The second kappa shape index (κ2) is 8.98. The van der Waals surface area contributed by atoms with E-state index >= 15 is 0 Å². The second-order valence-corrected chi connectivity index (χ2v) is 7.76. The van der Waals surface area contributed by atoms with Crippen molar-refractivity contribution < 1.29 is 23.3 Å². The molecular formula is C22H29FO4. The summed E-state index contributed by atoms with van der Waals surface area (Å²) in [5.74, 6) is 2.26. The van der Waals surface area contributed by atoms with Gasteiger partial charge in [-0.2, -0.15) is 0 Å². The number of hydrogen-bond donors (Lipinski definition) is 0. The largest absolute Gasteiger partial charge is 0.493 e. The number of ether oxygens (including phenoxy) is 4. The molecule has 0 fully saturated rings. The summed E-state index contributed by atoms with van der Waals surface area (Å²) < 4.78 is 36.3. The van der Waals surface area contributed by atoms with Crippen LogP contribution in [-0.4, -0.2) is 20.8 Å². The summed E-state index contributed by atoms with van der Waals surface area (Å²) in [6.07, 6.45) is 1.04. The van der Waals surface area contributed by atoms with Crippen LogP contribution in [0.4, 0.5) is 4.39 Å². The van der Waals surface area contributed by atoms with Crippen molar-refractivity contribution >= 4 is 0 Å². The lowest BCUT2D eigenvalue weighted by Crippen LogP contribution is -2.23. The van der Waals surface area contributed by atoms with E-state index in [0.29, 0.717) is 35.5 Å². The SMILES string of the molecule is COc1ccc(Oc2ccc(OCC(C)(C)CC(C)C)cc2F)cc1OC. The first kappa shape index (κ1) is 20.9. The van der Waals surface area contributed by atoms with Gasteiger partial charge in [-0.3, -0.25) is 0 Å². The van der Waals surface area contributed by atoms with Crippen LogP contribution in [0.1, 0.15) is 34.1 Å². The molecule has 2 rings (SSSR count). The Morgan fingerprint density at radius 1 is 0.889 bits per heavy atom. The quantitative estimate of drug-likeness (QED) is 0.531. The highest BCUT2D eigenvalue weighted by atomic mass is 19.1. The molecule has 4 nitrogen and oxygen atoms in total. The molecule has 5 heteroatoms. The van der Waals surface area contributed by atoms with Crippen molar-refractivity contribution in [3.8, 4) is 28.7 Å². The van der Waals surface area contributed by atoms with Crippen LogP contribution in [0, 0.1) is 17.2 Å². The Morgan fingerprint density at radius 2 is 1.52 bits per heavy atom. The Kier molecular flexibility index (Phi) is 6.94. The predicted octanol–water partition coefficient (Wildman–Crippen LogP) is 6.09. The molecule has 0 aliphatic carbocycles. The molecule has 0 spiro atoms. The molecule has 0 aromatic heterocycles. The highest BCUT2D eigenvalue weighted by molar-refractivity contribution is 5.47. The number of rotatable bonds is 9. The van der Waals surface area contributed by atoms with Gasteiger partial charge in [0.05, 0.1) is 20.8 Å². The average Bonchev–Trinajstić information content (AvgIpc) is 2.61. The van der Waals surface area contributed by atoms with E-state index in [1.54, 1.807) is 37.4 Å². The van der Waals surface area contributed by atoms with Gasteiger partial charge < -0.3 is 18.9 Å². The van der Waals surface area contributed by atoms with Gasteiger partial charge in [-0.1, -0.05) is 27.7 Å². The third-order valence-corrected chi connectivity index (χ3v) is 4.08. The number of methoxy groups -OCH3 is 2. The van der Waals surface area contributed by atoms with E-state index in [9.17, 15) is 4.39 Å². The molecule has 0 amide bonds. The molecule has 2 aromatic carbocycles. The van der Waals surface area contributed by atoms with Crippen LogP contribution in [0.2, 0.25) is 0 Å². The third kappa shape index (κ3) is 6.05. The zero-order chi connectivity index (χ0) is 20.0. The molecule has 0 bridgehead atoms. The van der Waals surface area contributed by atoms with Crippen molar-refractivity contribution in [2.24, 2.45) is 11.3 Å². The van der Waals surface area contributed by atoms with Crippen LogP contribution in [-0.2, 0) is 0 Å². The molecule has 0 saturated heterocycles. The first-order chi connectivity index (χ1) is 12.7. The molecule has 0 radical (unpaired) electrons. The number of hydrogen-bond acceptors (Lipinski definition) is 4. The highest BCUT2D eigenvalue weighted by Gasteiger charge is 2.21. The van der Waals surface area contributed by atoms with Gasteiger partial charge in [-0.15, -0.1) is 0 Å². The van der Waals surface area contributed by atoms with E-state index in [4.69, 9.17) is 18.9 Å². The third-order valence-electron chi connectivity index (χ3n) is 4.08. The molecule has 0 unspecified atom stereocenters. The van der Waals surface area contributed by atoms with Crippen LogP contribution in [0.25, 0.3) is 0 Å². The minimum Gasteiger partial charge on any atom is -0.493 e. The molecular weight excluding hydrogens is 347 g/mol. The lowest BCUT2D eigenvalue weighted by molar-refractivity contribution is 0.153. The Balaban J connectivity index is 2.06. The van der Waals surface area contributed by atoms with E-state index in [1.165, 1.54) is 13.2 Å². The van der Waals surface area contributed by atoms with E-state index in [-0.39, 0.29) is 11.2 Å². The smallest absolute Gasteiger partial charge is 0.169 e. The maximum Gasteiger partial charge on any atom is 0.169 e. The van der Waals surface area contributed by atoms with E-state index in [0.717, 1.165) is 6.42 Å². The summed E-state index contributed by atoms with van der Waals surface area (Å²) in [5.41, 5.74) is 0.0272. The highest BCUT2D eigenvalue weighted by Crippen LogP contribution is 2.35. The van der Waals surface area contributed by atoms with Crippen molar-refractivity contribution in [2.75, 3.05) is 20.8 Å². The maximum absolute atomic E-state index is 14.4. The summed E-state index contributed by atoms with van der Waals surface area (Å²) in [6.45, 7) is 9.19. The van der Waals surface area contributed by atoms with Crippen molar-refractivity contribution in [2.45, 2.75) is 34.1 Å². The Hall–Kier alpha value is -2.43. The Morgan fingerprint density at radius 3 is 2.11 bits per heavy atom. The summed E-state index contributed by atoms with van der Waals surface area (Å²) in [6, 6.07) is 9.68. The first-order valence-corrected chi connectivity index (χ1v) is 9.06. The minimum absolute atomic E-state index is 0.0272. The molecule has 148 valence electrons. The van der Waals surface area contributed by atoms with Crippen LogP contribution >= 0.6 is 0 Å². The first-order valence-electron chi connectivity index (χ1n) is 9.06. The Bertz CT molecular complexity index is 756. The van der Waals surface area contributed by atoms with Crippen LogP contribution in [0.15, 0.2) is 36.4 Å². The van der Waals surface area contributed by atoms with Gasteiger partial charge in [0.25, 0.3) is 0 Å². The number of halogens is 1. The van der Waals surface area contributed by atoms with E-state index < -0.39 is 5.82 Å². The molecule has 2 aromatic rings. The lowest BCUT2D eigenvalue weighted by Gasteiger charge is -2.26. The van der Waals surface area contributed by atoms with Gasteiger partial charge in [0, 0.05) is 12.1 Å². The lowest BCUT2D eigenvalue weighted by atomic mass is 9.85. The summed E-state index contributed by atoms with van der Waals surface area (Å²) >= 11 is 0. The average molecular weight is 376 g/mol. The zero-order valence-corrected chi connectivity index (χ0v) is 17.0. The molecule has 0 atom stereocenters. The fraction of sp³-hybridized carbons (Fsp3) is 0.455. The zero-order valence-electron chi connectivity index (χ0n) is 17.0. The fourth-order valence-corrected chi connectivity index (χ4v) is 3.10. The number of benzene rings is 2. The van der Waals surface area contributed by atoms with Crippen molar-refractivity contribution in [3.63, 3.8) is 0 Å². The minimum atomic E-state index is -0.482. The van der Waals surface area contributed by atoms with Crippen LogP contribution in [0.3, 0.4) is 0 Å². The van der Waals surface area contributed by atoms with Crippen molar-refractivity contribution in [1.82, 2.24) is 0 Å². The summed E-state index contributed by atoms with van der Waals surface area (Å²) in [5, 5.41) is 0. The fourth-order valence-electron chi connectivity index (χ4n) is 3.10. The molecule has 27 heavy (non-hydrogen) atoms. The molecule has 0 N–H and O–H groups in total. The van der Waals surface area contributed by atoms with Gasteiger partial charge in [0.1, 0.15) is 11.5 Å². The van der Waals surface area contributed by atoms with Crippen molar-refractivity contribution in [3.05, 3.63) is 42.2 Å². The van der Waals surface area contributed by atoms with Gasteiger partial charge >= 0.3 is 0 Å².